The van der Waals surface area contributed by atoms with Crippen molar-refractivity contribution in [3.63, 3.8) is 0 Å². The molecule has 0 heterocycles. The van der Waals surface area contributed by atoms with Gasteiger partial charge in [-0.2, -0.15) is 0 Å². The molecule has 2 aliphatic rings. The van der Waals surface area contributed by atoms with Crippen molar-refractivity contribution in [2.45, 2.75) is 39.0 Å². The van der Waals surface area contributed by atoms with E-state index in [1.54, 1.807) is 16.7 Å². The summed E-state index contributed by atoms with van der Waals surface area (Å²) >= 11 is 0. The molecule has 2 aliphatic carbocycles. The summed E-state index contributed by atoms with van der Waals surface area (Å²) in [6, 6.07) is 0. The van der Waals surface area contributed by atoms with Gasteiger partial charge in [0.2, 0.25) is 0 Å². The molecule has 0 aromatic heterocycles. The Labute approximate surface area is 86.7 Å². The van der Waals surface area contributed by atoms with Gasteiger partial charge in [0.25, 0.3) is 0 Å². The molecule has 0 saturated carbocycles. The average molecular weight is 186 g/mol. The lowest BCUT2D eigenvalue weighted by Crippen LogP contribution is -1.98. The summed E-state index contributed by atoms with van der Waals surface area (Å²) in [6.07, 6.45) is 17.5. The third kappa shape index (κ3) is 2.06. The molecular formula is C14H18. The molecule has 0 aromatic carbocycles. The number of allylic oxidation sites excluding steroid dienone is 8. The zero-order chi connectivity index (χ0) is 9.80. The average Bonchev–Trinajstić information content (AvgIpc) is 2.30. The Balaban J connectivity index is 2.13. The van der Waals surface area contributed by atoms with E-state index in [9.17, 15) is 0 Å². The van der Waals surface area contributed by atoms with E-state index in [2.05, 4.69) is 37.3 Å². The van der Waals surface area contributed by atoms with Crippen LogP contribution in [0.25, 0.3) is 0 Å². The second-order valence-corrected chi connectivity index (χ2v) is 4.03. The van der Waals surface area contributed by atoms with Gasteiger partial charge in [0.15, 0.2) is 0 Å². The first-order valence-corrected chi connectivity index (χ1v) is 5.65. The maximum absolute atomic E-state index is 2.33. The van der Waals surface area contributed by atoms with Gasteiger partial charge in [-0.1, -0.05) is 42.9 Å². The molecule has 0 spiro atoms. The van der Waals surface area contributed by atoms with Crippen molar-refractivity contribution < 1.29 is 0 Å². The zero-order valence-electron chi connectivity index (χ0n) is 8.92. The van der Waals surface area contributed by atoms with Gasteiger partial charge in [-0.3, -0.25) is 0 Å². The molecule has 0 fully saturated rings. The van der Waals surface area contributed by atoms with Crippen LogP contribution in [0, 0.1) is 0 Å². The summed E-state index contributed by atoms with van der Waals surface area (Å²) in [5.41, 5.74) is 4.71. The summed E-state index contributed by atoms with van der Waals surface area (Å²) in [6.45, 7) is 2.24. The van der Waals surface area contributed by atoms with Crippen molar-refractivity contribution in [2.24, 2.45) is 0 Å². The first kappa shape index (κ1) is 9.51. The molecule has 0 aliphatic heterocycles. The van der Waals surface area contributed by atoms with Crippen LogP contribution in [0.2, 0.25) is 0 Å². The van der Waals surface area contributed by atoms with Crippen molar-refractivity contribution >= 4 is 0 Å². The first-order chi connectivity index (χ1) is 6.90. The number of rotatable bonds is 2. The monoisotopic (exact) mass is 186 g/mol. The molecule has 0 bridgehead atoms. The van der Waals surface area contributed by atoms with Gasteiger partial charge in [-0.25, -0.2) is 0 Å². The summed E-state index contributed by atoms with van der Waals surface area (Å²) in [4.78, 5) is 0. The maximum atomic E-state index is 2.33. The predicted molar refractivity (Wildman–Crippen MR) is 62.1 cm³/mol. The van der Waals surface area contributed by atoms with E-state index in [0.29, 0.717) is 0 Å². The maximum Gasteiger partial charge on any atom is -0.0239 e. The SMILES string of the molecule is CCC1=CC=C(C2=CC=CCC2)CC1. The molecule has 0 unspecified atom stereocenters. The molecule has 0 saturated heterocycles. The number of hydrogen-bond acceptors (Lipinski definition) is 0. The highest BCUT2D eigenvalue weighted by molar-refractivity contribution is 5.41. The van der Waals surface area contributed by atoms with E-state index in [0.717, 1.165) is 0 Å². The largest absolute Gasteiger partial charge is 0.0842 e. The molecule has 0 N–H and O–H groups in total. The fraction of sp³-hybridized carbons (Fsp3) is 0.429. The highest BCUT2D eigenvalue weighted by Crippen LogP contribution is 2.29. The zero-order valence-corrected chi connectivity index (χ0v) is 8.92. The molecule has 0 amide bonds. The summed E-state index contributed by atoms with van der Waals surface area (Å²) < 4.78 is 0. The Bertz CT molecular complexity index is 324. The smallest absolute Gasteiger partial charge is 0.0239 e. The molecule has 0 nitrogen and oxygen atoms in total. The van der Waals surface area contributed by atoms with Gasteiger partial charge in [0.05, 0.1) is 0 Å². The van der Waals surface area contributed by atoms with Crippen molar-refractivity contribution in [3.8, 4) is 0 Å². The topological polar surface area (TPSA) is 0 Å². The van der Waals surface area contributed by atoms with E-state index in [4.69, 9.17) is 0 Å². The molecule has 0 aromatic rings. The minimum absolute atomic E-state index is 1.21. The Kier molecular flexibility index (Phi) is 3.03. The minimum atomic E-state index is 1.21. The van der Waals surface area contributed by atoms with Gasteiger partial charge in [-0.05, 0) is 43.3 Å². The second-order valence-electron chi connectivity index (χ2n) is 4.03. The van der Waals surface area contributed by atoms with Gasteiger partial charge in [0.1, 0.15) is 0 Å². The summed E-state index contributed by atoms with van der Waals surface area (Å²) in [5, 5.41) is 0. The highest BCUT2D eigenvalue weighted by Gasteiger charge is 2.09. The van der Waals surface area contributed by atoms with Gasteiger partial charge < -0.3 is 0 Å². The highest BCUT2D eigenvalue weighted by atomic mass is 14.1. The third-order valence-electron chi connectivity index (χ3n) is 3.12. The van der Waals surface area contributed by atoms with Crippen LogP contribution < -0.4 is 0 Å². The lowest BCUT2D eigenvalue weighted by molar-refractivity contribution is 0.839. The van der Waals surface area contributed by atoms with Crippen molar-refractivity contribution in [3.05, 3.63) is 47.1 Å². The molecule has 14 heavy (non-hydrogen) atoms. The Morgan fingerprint density at radius 2 is 1.86 bits per heavy atom. The quantitative estimate of drug-likeness (QED) is 0.602. The molecular weight excluding hydrogens is 168 g/mol. The first-order valence-electron chi connectivity index (χ1n) is 5.65. The third-order valence-corrected chi connectivity index (χ3v) is 3.12. The molecule has 0 heteroatoms. The number of hydrogen-bond donors (Lipinski definition) is 0. The fourth-order valence-corrected chi connectivity index (χ4v) is 2.11. The van der Waals surface area contributed by atoms with Crippen LogP contribution in [0.15, 0.2) is 47.1 Å². The Morgan fingerprint density at radius 1 is 1.00 bits per heavy atom. The van der Waals surface area contributed by atoms with Gasteiger partial charge in [0, 0.05) is 0 Å². The standard InChI is InChI=1S/C14H18/c1-2-12-8-10-14(11-9-12)13-6-4-3-5-7-13/h3-4,6,8,10H,2,5,7,9,11H2,1H3. The van der Waals surface area contributed by atoms with Crippen LogP contribution in [0.5, 0.6) is 0 Å². The van der Waals surface area contributed by atoms with Crippen LogP contribution >= 0.6 is 0 Å². The van der Waals surface area contributed by atoms with E-state index >= 15 is 0 Å². The van der Waals surface area contributed by atoms with Crippen molar-refractivity contribution in [1.82, 2.24) is 0 Å². The fourth-order valence-electron chi connectivity index (χ4n) is 2.11. The second kappa shape index (κ2) is 4.45. The molecule has 2 rings (SSSR count). The lowest BCUT2D eigenvalue weighted by atomic mass is 9.88. The van der Waals surface area contributed by atoms with Crippen LogP contribution in [-0.2, 0) is 0 Å². The van der Waals surface area contributed by atoms with Crippen LogP contribution in [-0.4, -0.2) is 0 Å². The normalized spacial score (nSPS) is 21.4. The molecule has 0 atom stereocenters. The van der Waals surface area contributed by atoms with Gasteiger partial charge in [-0.15, -0.1) is 0 Å². The van der Waals surface area contributed by atoms with Crippen LogP contribution in [0.3, 0.4) is 0 Å². The van der Waals surface area contributed by atoms with Gasteiger partial charge >= 0.3 is 0 Å². The summed E-state index contributed by atoms with van der Waals surface area (Å²) in [7, 11) is 0. The van der Waals surface area contributed by atoms with E-state index < -0.39 is 0 Å². The van der Waals surface area contributed by atoms with E-state index in [1.165, 1.54) is 32.1 Å². The predicted octanol–water partition coefficient (Wildman–Crippen LogP) is 4.32. The van der Waals surface area contributed by atoms with Crippen LogP contribution in [0.1, 0.15) is 39.0 Å². The van der Waals surface area contributed by atoms with E-state index in [-0.39, 0.29) is 0 Å². The van der Waals surface area contributed by atoms with Crippen molar-refractivity contribution in [1.29, 1.82) is 0 Å². The Hall–Kier alpha value is -1.04. The van der Waals surface area contributed by atoms with Crippen LogP contribution in [0.4, 0.5) is 0 Å². The molecule has 74 valence electrons. The molecule has 0 radical (unpaired) electrons. The lowest BCUT2D eigenvalue weighted by Gasteiger charge is -2.17. The minimum Gasteiger partial charge on any atom is -0.0842 e. The summed E-state index contributed by atoms with van der Waals surface area (Å²) in [5.74, 6) is 0. The van der Waals surface area contributed by atoms with Crippen molar-refractivity contribution in [2.75, 3.05) is 0 Å². The Morgan fingerprint density at radius 3 is 2.43 bits per heavy atom. The van der Waals surface area contributed by atoms with E-state index in [1.807, 2.05) is 0 Å².